The lowest BCUT2D eigenvalue weighted by molar-refractivity contribution is -0.142. The third-order valence-corrected chi connectivity index (χ3v) is 20.0. The molecule has 0 radical (unpaired) electrons. The van der Waals surface area contributed by atoms with E-state index in [0.29, 0.717) is 63.7 Å². The Morgan fingerprint density at radius 2 is 0.675 bits per heavy atom. The van der Waals surface area contributed by atoms with Gasteiger partial charge >= 0.3 is 5.97 Å². The molecule has 0 aromatic rings. The minimum Gasteiger partial charge on any atom is -0.480 e. The molecular weight excluding hydrogens is 1560 g/mol. The van der Waals surface area contributed by atoms with Crippen LogP contribution in [0.3, 0.4) is 0 Å². The zero-order valence-electron chi connectivity index (χ0n) is 69.8. The highest BCUT2D eigenvalue weighted by molar-refractivity contribution is 7.98. The minimum absolute atomic E-state index is 0.00323. The van der Waals surface area contributed by atoms with Crippen LogP contribution in [0.4, 0.5) is 0 Å². The molecule has 0 spiro atoms. The maximum absolute atomic E-state index is 14.7. The van der Waals surface area contributed by atoms with Crippen molar-refractivity contribution in [3.63, 3.8) is 0 Å². The van der Waals surface area contributed by atoms with Crippen molar-refractivity contribution in [3.05, 3.63) is 0 Å². The Morgan fingerprint density at radius 3 is 1.03 bits per heavy atom. The van der Waals surface area contributed by atoms with Gasteiger partial charge in [-0.05, 0) is 171 Å². The number of aliphatic hydroxyl groups excluding tert-OH is 1. The van der Waals surface area contributed by atoms with E-state index < -0.39 is 186 Å². The molecule has 0 aromatic carbocycles. The number of carboxylic acids is 1. The van der Waals surface area contributed by atoms with Crippen LogP contribution in [0.25, 0.3) is 0 Å². The largest absolute Gasteiger partial charge is 0.480 e. The normalized spacial score (nSPS) is 15.3. The summed E-state index contributed by atoms with van der Waals surface area (Å²) in [6, 6.07) is -19.0. The molecule has 0 bridgehead atoms. The van der Waals surface area contributed by atoms with Crippen LogP contribution in [-0.4, -0.2) is 259 Å². The number of nitrogens with one attached hydrogen (secondary N) is 13. The number of aliphatic hydroxyl groups is 1. The van der Waals surface area contributed by atoms with Gasteiger partial charge in [0.2, 0.25) is 76.8 Å². The Hall–Kier alpha value is -9.11. The van der Waals surface area contributed by atoms with Gasteiger partial charge in [0.1, 0.15) is 78.5 Å². The number of aliphatic imine (C=N–C) groups is 3. The number of guanidine groups is 3. The fourth-order valence-electron chi connectivity index (χ4n) is 11.5. The van der Waals surface area contributed by atoms with Crippen molar-refractivity contribution in [2.75, 3.05) is 63.6 Å². The molecule has 117 heavy (non-hydrogen) atoms. The molecule has 0 aromatic heterocycles. The molecule has 35 N–H and O–H groups in total. The molecule has 0 saturated heterocycles. The van der Waals surface area contributed by atoms with E-state index in [1.165, 1.54) is 18.7 Å². The molecule has 16 atom stereocenters. The number of nitrogens with zero attached hydrogens (tertiary/aromatic N) is 3. The molecule has 0 aliphatic carbocycles. The van der Waals surface area contributed by atoms with Crippen LogP contribution in [0.2, 0.25) is 0 Å². The monoisotopic (exact) mass is 1700 g/mol. The molecule has 0 saturated carbocycles. The highest BCUT2D eigenvalue weighted by Gasteiger charge is 2.39. The number of aliphatic carboxylic acids is 1. The van der Waals surface area contributed by atoms with Crippen LogP contribution in [-0.2, 0) is 67.1 Å². The summed E-state index contributed by atoms with van der Waals surface area (Å²) in [4.78, 5) is 208. The fourth-order valence-corrected chi connectivity index (χ4v) is 12.3. The topological polar surface area (TPSA) is 733 Å². The number of thioether (sulfide) groups is 1. The lowest BCUT2D eigenvalue weighted by atomic mass is 9.96. The van der Waals surface area contributed by atoms with E-state index in [1.54, 1.807) is 54.7 Å². The molecule has 0 fully saturated rings. The van der Waals surface area contributed by atoms with Crippen molar-refractivity contribution in [3.8, 4) is 0 Å². The fraction of sp³-hybridized carbons (Fsp3) is 0.767. The third kappa shape index (κ3) is 44.3. The summed E-state index contributed by atoms with van der Waals surface area (Å²) in [5, 5.41) is 54.2. The maximum atomic E-state index is 14.7. The second-order valence-corrected chi connectivity index (χ2v) is 31.0. The number of thiol groups is 1. The quantitative estimate of drug-likeness (QED) is 0.0117. The molecule has 0 heterocycles. The van der Waals surface area contributed by atoms with Crippen LogP contribution < -0.4 is 126 Å². The number of carbonyl (C=O) groups excluding carboxylic acids is 13. The predicted molar refractivity (Wildman–Crippen MR) is 452 cm³/mol. The molecule has 0 aliphatic heterocycles. The van der Waals surface area contributed by atoms with Gasteiger partial charge in [-0.2, -0.15) is 24.4 Å². The van der Waals surface area contributed by atoms with E-state index in [-0.39, 0.29) is 139 Å². The number of hydrogen-bond acceptors (Lipinski definition) is 24. The minimum atomic E-state index is -1.52. The van der Waals surface area contributed by atoms with Gasteiger partial charge in [-0.1, -0.05) is 68.2 Å². The first-order valence-electron chi connectivity index (χ1n) is 40.1. The number of nitrogens with two attached hydrogens (primary N) is 10. The number of rotatable bonds is 63. The van der Waals surface area contributed by atoms with Gasteiger partial charge < -0.3 is 137 Å². The van der Waals surface area contributed by atoms with Gasteiger partial charge in [0.25, 0.3) is 0 Å². The van der Waals surface area contributed by atoms with Gasteiger partial charge in [-0.25, -0.2) is 4.79 Å². The predicted octanol–water partition coefficient (Wildman–Crippen LogP) is -6.26. The summed E-state index contributed by atoms with van der Waals surface area (Å²) < 4.78 is 0. The van der Waals surface area contributed by atoms with Crippen molar-refractivity contribution >= 4 is 125 Å². The van der Waals surface area contributed by atoms with Crippen LogP contribution >= 0.6 is 24.4 Å². The summed E-state index contributed by atoms with van der Waals surface area (Å²) in [7, 11) is 0. The van der Waals surface area contributed by atoms with Gasteiger partial charge in [0, 0.05) is 25.4 Å². The van der Waals surface area contributed by atoms with Crippen molar-refractivity contribution < 1.29 is 77.3 Å². The van der Waals surface area contributed by atoms with E-state index in [0.717, 1.165) is 0 Å². The van der Waals surface area contributed by atoms with Gasteiger partial charge in [0.05, 0.1) is 12.6 Å². The highest BCUT2D eigenvalue weighted by atomic mass is 32.2. The van der Waals surface area contributed by atoms with Crippen molar-refractivity contribution in [2.24, 2.45) is 96.0 Å². The van der Waals surface area contributed by atoms with Crippen molar-refractivity contribution in [1.29, 1.82) is 0 Å². The Kier molecular flexibility index (Phi) is 55.7. The first-order chi connectivity index (χ1) is 55.2. The molecule has 13 amide bonds. The van der Waals surface area contributed by atoms with E-state index in [2.05, 4.69) is 96.7 Å². The van der Waals surface area contributed by atoms with Gasteiger partial charge in [-0.3, -0.25) is 77.3 Å². The van der Waals surface area contributed by atoms with Gasteiger partial charge in [0.15, 0.2) is 17.9 Å². The zero-order chi connectivity index (χ0) is 89.0. The average Bonchev–Trinajstić information content (AvgIpc) is 0.852. The lowest BCUT2D eigenvalue weighted by Crippen LogP contribution is -2.62. The summed E-state index contributed by atoms with van der Waals surface area (Å²) >= 11 is 5.65. The Labute approximate surface area is 696 Å². The third-order valence-electron chi connectivity index (χ3n) is 19.0. The summed E-state index contributed by atoms with van der Waals surface area (Å²) in [6.45, 7) is 15.0. The van der Waals surface area contributed by atoms with Gasteiger partial charge in [-0.15, -0.1) is 0 Å². The highest BCUT2D eigenvalue weighted by Crippen LogP contribution is 2.17. The number of carbonyl (C=O) groups is 14. The summed E-state index contributed by atoms with van der Waals surface area (Å²) in [6.07, 6.45) is 5.06. The number of carboxylic acid groups (broad SMARTS) is 1. The molecule has 0 unspecified atom stereocenters. The summed E-state index contributed by atoms with van der Waals surface area (Å²) in [5.74, 6) is -14.9. The molecule has 0 rings (SSSR count). The van der Waals surface area contributed by atoms with Crippen LogP contribution in [0.1, 0.15) is 184 Å². The Balaban J connectivity index is 7.16. The van der Waals surface area contributed by atoms with Crippen LogP contribution in [0.5, 0.6) is 0 Å². The molecule has 670 valence electrons. The van der Waals surface area contributed by atoms with E-state index >= 15 is 0 Å². The second-order valence-electron chi connectivity index (χ2n) is 29.7. The van der Waals surface area contributed by atoms with Crippen molar-refractivity contribution in [1.82, 2.24) is 69.1 Å². The number of amides is 13. The average molecular weight is 1700 g/mol. The molecular formula is C73H140N26O16S2. The summed E-state index contributed by atoms with van der Waals surface area (Å²) in [5.41, 5.74) is 56.6. The van der Waals surface area contributed by atoms with E-state index in [4.69, 9.17) is 57.3 Å². The van der Waals surface area contributed by atoms with Crippen molar-refractivity contribution in [2.45, 2.75) is 269 Å². The first-order valence-corrected chi connectivity index (χ1v) is 42.2. The second kappa shape index (κ2) is 60.4. The molecule has 0 aliphatic rings. The van der Waals surface area contributed by atoms with E-state index in [1.807, 2.05) is 6.92 Å². The number of hydrogen-bond donors (Lipinski definition) is 26. The Bertz CT molecular complexity index is 3200. The standard InChI is InChI=1S/C73H140N26O16S2/c1-11-41(7)54(77)67(111)96-52(37-100)65(109)91-46(25-19-32-84-71(78)79)58(102)87-43(9)57(101)97-53(38-116)66(110)95-51(36-39(3)4)64(108)99-56(42(8)12-2)69(113)93-49(28-35-117-10)62(106)89-45(23-14-17-30-75)63(107)98-55(40(5)6)68(112)92-48(27-21-34-86-73(82)83)60(104)90-47(26-20-33-85-72(80)81)59(103)88-44(22-13-16-29-74)61(105)94-50(70(114)115)24-15-18-31-76/h39-56,100,116H,11-38,74-77H2,1-10H3,(H,87,102)(H,88,103)(H,89,106)(H,90,104)(H,91,109)(H,92,112)(H,93,113)(H,94,105)(H,95,110)(H,96,111)(H,97,101)(H,98,107)(H,99,108)(H,114,115)(H4,78,79,84)(H4,80,81,85)(H4,82,83,86)/t41-,42-,43-,44-,45-,46-,47-,48-,49-,50-,51-,52-,53-,54-,55-,56-/m0/s1. The Morgan fingerprint density at radius 1 is 0.368 bits per heavy atom. The lowest BCUT2D eigenvalue weighted by Gasteiger charge is -2.30. The molecule has 42 nitrogen and oxygen atoms in total. The molecule has 44 heteroatoms. The zero-order valence-corrected chi connectivity index (χ0v) is 71.5. The number of unbranched alkanes of at least 4 members (excludes halogenated alkanes) is 3. The van der Waals surface area contributed by atoms with Crippen LogP contribution in [0.15, 0.2) is 15.0 Å². The van der Waals surface area contributed by atoms with E-state index in [9.17, 15) is 77.3 Å². The smallest absolute Gasteiger partial charge is 0.326 e. The SMILES string of the molecule is CC[C@H](C)[C@H](N)C(=O)N[C@@H](CO)C(=O)N[C@@H](CCCN=C(N)N)C(=O)N[C@@H](C)C(=O)N[C@@H](CS)C(=O)N[C@@H](CC(C)C)C(=O)N[C@H](C(=O)N[C@@H](CCSC)C(=O)N[C@@H](CCCCN)C(=O)N[C@H](C(=O)N[C@@H](CCCN=C(N)N)C(=O)N[C@@H](CCCN=C(N)N)C(=O)N[C@@H](CCCCN)C(=O)N[C@@H](CCCCN)C(=O)O)C(C)C)[C@@H](C)CC. The van der Waals surface area contributed by atoms with Crippen LogP contribution in [0, 0.1) is 23.7 Å². The maximum Gasteiger partial charge on any atom is 0.326 e. The first kappa shape index (κ1) is 108.